The predicted molar refractivity (Wildman–Crippen MR) is 141 cm³/mol. The molecule has 1 saturated heterocycles. The molecule has 0 spiro atoms. The van der Waals surface area contributed by atoms with Crippen LogP contribution in [0.3, 0.4) is 0 Å². The highest BCUT2D eigenvalue weighted by Gasteiger charge is 2.43. The van der Waals surface area contributed by atoms with Crippen LogP contribution in [0.1, 0.15) is 44.2 Å². The van der Waals surface area contributed by atoms with Crippen molar-refractivity contribution in [2.75, 3.05) is 33.7 Å². The van der Waals surface area contributed by atoms with E-state index in [2.05, 4.69) is 30.0 Å². The van der Waals surface area contributed by atoms with E-state index >= 15 is 0 Å². The SMILES string of the molecule is C/C=C\C=C(/C)C(CCN1CCC(O)(c2ccc(Cl)cc2)CC1)(C(=O)N(C)C)c1ccccc1. The molecule has 4 nitrogen and oxygen atoms in total. The first-order valence-electron chi connectivity index (χ1n) is 12.0. The zero-order valence-corrected chi connectivity index (χ0v) is 21.6. The molecule has 1 unspecified atom stereocenters. The number of piperidine rings is 1. The van der Waals surface area contributed by atoms with Gasteiger partial charge in [-0.3, -0.25) is 4.79 Å². The van der Waals surface area contributed by atoms with Gasteiger partial charge in [-0.2, -0.15) is 0 Å². The van der Waals surface area contributed by atoms with Crippen molar-refractivity contribution in [1.29, 1.82) is 0 Å². The van der Waals surface area contributed by atoms with E-state index in [0.29, 0.717) is 24.3 Å². The molecule has 1 N–H and O–H groups in total. The number of rotatable bonds is 8. The average Bonchev–Trinajstić information content (AvgIpc) is 2.85. The Morgan fingerprint density at radius 2 is 1.74 bits per heavy atom. The van der Waals surface area contributed by atoms with E-state index in [-0.39, 0.29) is 5.91 Å². The Balaban J connectivity index is 1.84. The van der Waals surface area contributed by atoms with Crippen LogP contribution >= 0.6 is 11.6 Å². The fourth-order valence-corrected chi connectivity index (χ4v) is 5.10. The molecule has 1 fully saturated rings. The molecule has 0 aliphatic carbocycles. The third-order valence-electron chi connectivity index (χ3n) is 7.12. The van der Waals surface area contributed by atoms with Crippen LogP contribution in [0.5, 0.6) is 0 Å². The Morgan fingerprint density at radius 1 is 1.12 bits per heavy atom. The van der Waals surface area contributed by atoms with Crippen LogP contribution in [0.4, 0.5) is 0 Å². The first-order valence-corrected chi connectivity index (χ1v) is 12.4. The standard InChI is InChI=1S/C29H37ClN2O2/c1-5-6-10-23(2)29(27(33)31(3)4,25-11-8-7-9-12-25)19-22-32-20-17-28(34,18-21-32)24-13-15-26(30)16-14-24/h5-16,34H,17-22H2,1-4H3/b6-5-,23-10+. The van der Waals surface area contributed by atoms with Crippen molar-refractivity contribution in [3.63, 3.8) is 0 Å². The Bertz CT molecular complexity index is 1010. The van der Waals surface area contributed by atoms with Gasteiger partial charge < -0.3 is 14.9 Å². The van der Waals surface area contributed by atoms with E-state index in [4.69, 9.17) is 11.6 Å². The summed E-state index contributed by atoms with van der Waals surface area (Å²) < 4.78 is 0. The minimum absolute atomic E-state index is 0.0895. The molecule has 34 heavy (non-hydrogen) atoms. The highest BCUT2D eigenvalue weighted by atomic mass is 35.5. The normalized spacial score (nSPS) is 18.6. The molecular weight excluding hydrogens is 444 g/mol. The summed E-state index contributed by atoms with van der Waals surface area (Å²) in [4.78, 5) is 17.8. The number of likely N-dealkylation sites (N-methyl/N-ethyl adjacent to an activating group) is 1. The van der Waals surface area contributed by atoms with Gasteiger partial charge in [0, 0.05) is 32.2 Å². The van der Waals surface area contributed by atoms with Gasteiger partial charge >= 0.3 is 0 Å². The Morgan fingerprint density at radius 3 is 2.29 bits per heavy atom. The molecule has 3 rings (SSSR count). The van der Waals surface area contributed by atoms with Gasteiger partial charge in [0.05, 0.1) is 11.0 Å². The van der Waals surface area contributed by atoms with E-state index in [0.717, 1.165) is 36.3 Å². The maximum Gasteiger partial charge on any atom is 0.236 e. The van der Waals surface area contributed by atoms with Crippen molar-refractivity contribution in [2.24, 2.45) is 0 Å². The molecule has 0 saturated carbocycles. The van der Waals surface area contributed by atoms with Crippen molar-refractivity contribution in [3.05, 3.63) is 94.5 Å². The largest absolute Gasteiger partial charge is 0.385 e. The summed E-state index contributed by atoms with van der Waals surface area (Å²) in [6.07, 6.45) is 8.03. The fraction of sp³-hybridized carbons (Fsp3) is 0.414. The highest BCUT2D eigenvalue weighted by Crippen LogP contribution is 2.39. The first-order chi connectivity index (χ1) is 16.2. The molecule has 5 heteroatoms. The van der Waals surface area contributed by atoms with Crippen molar-refractivity contribution in [1.82, 2.24) is 9.80 Å². The number of halogens is 1. The van der Waals surface area contributed by atoms with Gasteiger partial charge in [-0.25, -0.2) is 0 Å². The van der Waals surface area contributed by atoms with Gasteiger partial charge in [-0.05, 0) is 62.9 Å². The van der Waals surface area contributed by atoms with Gasteiger partial charge in [0.2, 0.25) is 5.91 Å². The highest BCUT2D eigenvalue weighted by molar-refractivity contribution is 6.30. The Hall–Kier alpha value is -2.40. The quantitative estimate of drug-likeness (QED) is 0.503. The zero-order chi connectivity index (χ0) is 24.8. The first kappa shape index (κ1) is 26.2. The van der Waals surface area contributed by atoms with Crippen LogP contribution in [-0.4, -0.2) is 54.5 Å². The van der Waals surface area contributed by atoms with E-state index in [9.17, 15) is 9.90 Å². The van der Waals surface area contributed by atoms with Gasteiger partial charge in [0.1, 0.15) is 0 Å². The van der Waals surface area contributed by atoms with Crippen molar-refractivity contribution < 1.29 is 9.90 Å². The monoisotopic (exact) mass is 480 g/mol. The summed E-state index contributed by atoms with van der Waals surface area (Å²) in [5, 5.41) is 11.9. The van der Waals surface area contributed by atoms with Crippen molar-refractivity contribution in [2.45, 2.75) is 44.1 Å². The number of nitrogens with zero attached hydrogens (tertiary/aromatic N) is 2. The van der Waals surface area contributed by atoms with Crippen LogP contribution in [0.2, 0.25) is 5.02 Å². The topological polar surface area (TPSA) is 43.8 Å². The number of hydrogen-bond acceptors (Lipinski definition) is 3. The summed E-state index contributed by atoms with van der Waals surface area (Å²) in [5.74, 6) is 0.0895. The lowest BCUT2D eigenvalue weighted by atomic mass is 9.70. The molecule has 1 aliphatic rings. The molecule has 0 radical (unpaired) electrons. The number of likely N-dealkylation sites (tertiary alicyclic amines) is 1. The maximum absolute atomic E-state index is 13.8. The summed E-state index contributed by atoms with van der Waals surface area (Å²) in [6, 6.07) is 17.6. The number of amides is 1. The lowest BCUT2D eigenvalue weighted by Crippen LogP contribution is -2.49. The molecule has 2 aromatic rings. The van der Waals surface area contributed by atoms with Crippen LogP contribution in [0, 0.1) is 0 Å². The average molecular weight is 481 g/mol. The fourth-order valence-electron chi connectivity index (χ4n) is 4.98. The minimum atomic E-state index is -0.835. The molecule has 1 aliphatic heterocycles. The molecule has 0 aromatic heterocycles. The van der Waals surface area contributed by atoms with E-state index < -0.39 is 11.0 Å². The molecule has 182 valence electrons. The van der Waals surface area contributed by atoms with Crippen LogP contribution in [-0.2, 0) is 15.8 Å². The second-order valence-corrected chi connectivity index (χ2v) is 9.91. The van der Waals surface area contributed by atoms with Gasteiger partial charge in [-0.1, -0.05) is 77.9 Å². The molecule has 1 atom stereocenters. The number of benzene rings is 2. The summed E-state index contributed by atoms with van der Waals surface area (Å²) in [7, 11) is 3.66. The third-order valence-corrected chi connectivity index (χ3v) is 7.37. The molecule has 2 aromatic carbocycles. The molecular formula is C29H37ClN2O2. The second kappa shape index (κ2) is 11.4. The van der Waals surface area contributed by atoms with Crippen LogP contribution in [0.25, 0.3) is 0 Å². The minimum Gasteiger partial charge on any atom is -0.385 e. The van der Waals surface area contributed by atoms with Crippen molar-refractivity contribution in [3.8, 4) is 0 Å². The molecule has 1 heterocycles. The van der Waals surface area contributed by atoms with Gasteiger partial charge in [0.25, 0.3) is 0 Å². The van der Waals surface area contributed by atoms with E-state index in [1.54, 1.807) is 4.90 Å². The lowest BCUT2D eigenvalue weighted by Gasteiger charge is -2.41. The number of carbonyl (C=O) groups is 1. The Kier molecular flexibility index (Phi) is 8.75. The van der Waals surface area contributed by atoms with Crippen LogP contribution < -0.4 is 0 Å². The molecule has 0 bridgehead atoms. The summed E-state index contributed by atoms with van der Waals surface area (Å²) >= 11 is 6.03. The Labute approximate surface area is 209 Å². The number of allylic oxidation sites excluding steroid dienone is 3. The number of hydrogen-bond donors (Lipinski definition) is 1. The van der Waals surface area contributed by atoms with Gasteiger partial charge in [-0.15, -0.1) is 0 Å². The van der Waals surface area contributed by atoms with E-state index in [1.807, 2.05) is 75.6 Å². The van der Waals surface area contributed by atoms with Crippen molar-refractivity contribution >= 4 is 17.5 Å². The van der Waals surface area contributed by atoms with Gasteiger partial charge in [0.15, 0.2) is 0 Å². The predicted octanol–water partition coefficient (Wildman–Crippen LogP) is 5.56. The number of aliphatic hydroxyl groups is 1. The summed E-state index contributed by atoms with van der Waals surface area (Å²) in [5.41, 5.74) is 1.39. The summed E-state index contributed by atoms with van der Waals surface area (Å²) in [6.45, 7) is 6.36. The number of carbonyl (C=O) groups excluding carboxylic acids is 1. The second-order valence-electron chi connectivity index (χ2n) is 9.48. The van der Waals surface area contributed by atoms with Crippen LogP contribution in [0.15, 0.2) is 78.4 Å². The smallest absolute Gasteiger partial charge is 0.236 e. The zero-order valence-electron chi connectivity index (χ0n) is 20.8. The maximum atomic E-state index is 13.8. The third kappa shape index (κ3) is 5.63. The lowest BCUT2D eigenvalue weighted by molar-refractivity contribution is -0.134. The molecule has 1 amide bonds. The van der Waals surface area contributed by atoms with E-state index in [1.165, 1.54) is 0 Å².